The second-order valence-electron chi connectivity index (χ2n) is 6.72. The second kappa shape index (κ2) is 7.85. The Hall–Kier alpha value is -2.44. The molecular weight excluding hydrogens is 346 g/mol. The Labute approximate surface area is 156 Å². The minimum atomic E-state index is 0.0953. The van der Waals surface area contributed by atoms with E-state index in [4.69, 9.17) is 4.52 Å². The maximum Gasteiger partial charge on any atom is 0.227 e. The van der Waals surface area contributed by atoms with Crippen molar-refractivity contribution in [3.05, 3.63) is 59.6 Å². The molecule has 2 aromatic heterocycles. The van der Waals surface area contributed by atoms with Crippen molar-refractivity contribution in [2.75, 3.05) is 18.4 Å². The van der Waals surface area contributed by atoms with Crippen LogP contribution in [0.3, 0.4) is 0 Å². The van der Waals surface area contributed by atoms with Gasteiger partial charge < -0.3 is 14.7 Å². The van der Waals surface area contributed by atoms with Crippen LogP contribution in [-0.2, 0) is 11.3 Å². The van der Waals surface area contributed by atoms with Crippen molar-refractivity contribution in [3.63, 3.8) is 0 Å². The number of aromatic nitrogens is 1. The molecule has 3 aromatic rings. The van der Waals surface area contributed by atoms with Crippen LogP contribution < -0.4 is 10.2 Å². The molecule has 1 aromatic carbocycles. The second-order valence-corrected chi connectivity index (χ2v) is 7.66. The Morgan fingerprint density at radius 2 is 2.00 bits per heavy atom. The zero-order valence-corrected chi connectivity index (χ0v) is 15.3. The molecule has 1 fully saturated rings. The van der Waals surface area contributed by atoms with Crippen molar-refractivity contribution in [3.8, 4) is 10.6 Å². The summed E-state index contributed by atoms with van der Waals surface area (Å²) in [7, 11) is 0. The minimum absolute atomic E-state index is 0.0953. The quantitative estimate of drug-likeness (QED) is 0.728. The number of hydrogen-bond donors (Lipinski definition) is 2. The SMILES string of the molecule is O=C(Nc1ccccc1)C1CC[NH+](Cc2cc(-c3cccs3)on2)CC1. The molecule has 3 heterocycles. The molecule has 5 nitrogen and oxygen atoms in total. The number of benzene rings is 1. The molecule has 2 N–H and O–H groups in total. The molecule has 0 bridgehead atoms. The van der Waals surface area contributed by atoms with Gasteiger partial charge in [0, 0.05) is 30.5 Å². The van der Waals surface area contributed by atoms with E-state index >= 15 is 0 Å². The molecule has 0 atom stereocenters. The van der Waals surface area contributed by atoms with Gasteiger partial charge in [-0.2, -0.15) is 0 Å². The van der Waals surface area contributed by atoms with E-state index in [2.05, 4.69) is 10.5 Å². The molecule has 134 valence electrons. The summed E-state index contributed by atoms with van der Waals surface area (Å²) in [6.45, 7) is 2.81. The zero-order chi connectivity index (χ0) is 17.8. The number of piperidine rings is 1. The summed E-state index contributed by atoms with van der Waals surface area (Å²) in [5.74, 6) is 1.07. The molecule has 1 aliphatic rings. The third-order valence-electron chi connectivity index (χ3n) is 4.86. The number of nitrogens with zero attached hydrogens (tertiary/aromatic N) is 1. The molecule has 0 aliphatic carbocycles. The van der Waals surface area contributed by atoms with Gasteiger partial charge in [-0.05, 0) is 23.6 Å². The van der Waals surface area contributed by atoms with Gasteiger partial charge in [-0.15, -0.1) is 11.3 Å². The topological polar surface area (TPSA) is 59.6 Å². The van der Waals surface area contributed by atoms with Gasteiger partial charge >= 0.3 is 0 Å². The lowest BCUT2D eigenvalue weighted by atomic mass is 9.95. The van der Waals surface area contributed by atoms with Crippen LogP contribution in [0.1, 0.15) is 18.5 Å². The molecule has 1 aliphatic heterocycles. The van der Waals surface area contributed by atoms with Crippen molar-refractivity contribution in [1.82, 2.24) is 5.16 Å². The van der Waals surface area contributed by atoms with Crippen molar-refractivity contribution in [1.29, 1.82) is 0 Å². The Morgan fingerprint density at radius 1 is 1.19 bits per heavy atom. The molecular formula is C20H22N3O2S+. The van der Waals surface area contributed by atoms with E-state index in [-0.39, 0.29) is 11.8 Å². The Bertz CT molecular complexity index is 837. The molecule has 0 radical (unpaired) electrons. The third kappa shape index (κ3) is 4.03. The first-order valence-corrected chi connectivity index (χ1v) is 9.85. The van der Waals surface area contributed by atoms with Gasteiger partial charge in [0.05, 0.1) is 18.0 Å². The van der Waals surface area contributed by atoms with Crippen LogP contribution >= 0.6 is 11.3 Å². The number of quaternary nitrogens is 1. The highest BCUT2D eigenvalue weighted by Gasteiger charge is 2.28. The molecule has 1 amide bonds. The number of carbonyl (C=O) groups excluding carboxylic acids is 1. The predicted molar refractivity (Wildman–Crippen MR) is 102 cm³/mol. The molecule has 1 saturated heterocycles. The number of amides is 1. The van der Waals surface area contributed by atoms with E-state index < -0.39 is 0 Å². The summed E-state index contributed by atoms with van der Waals surface area (Å²) in [4.78, 5) is 15.0. The van der Waals surface area contributed by atoms with Crippen molar-refractivity contribution in [2.24, 2.45) is 5.92 Å². The van der Waals surface area contributed by atoms with Crippen molar-refractivity contribution < 1.29 is 14.2 Å². The van der Waals surface area contributed by atoms with Gasteiger partial charge in [-0.3, -0.25) is 4.79 Å². The van der Waals surface area contributed by atoms with Gasteiger partial charge in [0.1, 0.15) is 12.2 Å². The van der Waals surface area contributed by atoms with Crippen LogP contribution in [0.25, 0.3) is 10.6 Å². The van der Waals surface area contributed by atoms with E-state index in [9.17, 15) is 4.79 Å². The summed E-state index contributed by atoms with van der Waals surface area (Å²) in [6.07, 6.45) is 1.81. The lowest BCUT2D eigenvalue weighted by molar-refractivity contribution is -0.919. The summed E-state index contributed by atoms with van der Waals surface area (Å²) in [5.41, 5.74) is 1.85. The Balaban J connectivity index is 1.28. The highest BCUT2D eigenvalue weighted by molar-refractivity contribution is 7.13. The van der Waals surface area contributed by atoms with E-state index in [1.165, 1.54) is 4.90 Å². The first-order chi connectivity index (χ1) is 12.8. The summed E-state index contributed by atoms with van der Waals surface area (Å²) in [6, 6.07) is 15.8. The summed E-state index contributed by atoms with van der Waals surface area (Å²) >= 11 is 1.65. The number of hydrogen-bond acceptors (Lipinski definition) is 4. The van der Waals surface area contributed by atoms with Gasteiger partial charge in [0.15, 0.2) is 5.76 Å². The van der Waals surface area contributed by atoms with E-state index in [0.29, 0.717) is 0 Å². The van der Waals surface area contributed by atoms with E-state index in [1.54, 1.807) is 11.3 Å². The van der Waals surface area contributed by atoms with Crippen molar-refractivity contribution in [2.45, 2.75) is 19.4 Å². The number of para-hydroxylation sites is 1. The lowest BCUT2D eigenvalue weighted by Crippen LogP contribution is -3.11. The van der Waals surface area contributed by atoms with Crippen LogP contribution in [0.4, 0.5) is 5.69 Å². The number of anilines is 1. The molecule has 0 spiro atoms. The number of carbonyl (C=O) groups is 1. The molecule has 26 heavy (non-hydrogen) atoms. The monoisotopic (exact) mass is 368 g/mol. The van der Waals surface area contributed by atoms with E-state index in [0.717, 1.165) is 54.5 Å². The third-order valence-corrected chi connectivity index (χ3v) is 5.74. The lowest BCUT2D eigenvalue weighted by Gasteiger charge is -2.28. The summed E-state index contributed by atoms with van der Waals surface area (Å²) < 4.78 is 5.46. The van der Waals surface area contributed by atoms with Gasteiger partial charge in [0.25, 0.3) is 0 Å². The first-order valence-electron chi connectivity index (χ1n) is 8.97. The molecule has 0 saturated carbocycles. The fraction of sp³-hybridized carbons (Fsp3) is 0.300. The van der Waals surface area contributed by atoms with Crippen LogP contribution in [0.15, 0.2) is 58.4 Å². The van der Waals surface area contributed by atoms with Crippen LogP contribution in [0.5, 0.6) is 0 Å². The maximum atomic E-state index is 12.4. The smallest absolute Gasteiger partial charge is 0.227 e. The maximum absolute atomic E-state index is 12.4. The molecule has 0 unspecified atom stereocenters. The van der Waals surface area contributed by atoms with Crippen LogP contribution in [0.2, 0.25) is 0 Å². The molecule has 6 heteroatoms. The molecule has 4 rings (SSSR count). The number of nitrogens with one attached hydrogen (secondary N) is 2. The first kappa shape index (κ1) is 17.0. The van der Waals surface area contributed by atoms with Crippen molar-refractivity contribution >= 4 is 22.9 Å². The number of likely N-dealkylation sites (tertiary alicyclic amines) is 1. The van der Waals surface area contributed by atoms with Crippen LogP contribution in [-0.4, -0.2) is 24.2 Å². The Morgan fingerprint density at radius 3 is 2.73 bits per heavy atom. The highest BCUT2D eigenvalue weighted by atomic mass is 32.1. The zero-order valence-electron chi connectivity index (χ0n) is 14.5. The van der Waals surface area contributed by atoms with Gasteiger partial charge in [0.2, 0.25) is 5.91 Å². The minimum Gasteiger partial charge on any atom is -0.355 e. The summed E-state index contributed by atoms with van der Waals surface area (Å²) in [5, 5.41) is 9.26. The predicted octanol–water partition coefficient (Wildman–Crippen LogP) is 2.84. The Kier molecular flexibility index (Phi) is 5.13. The fourth-order valence-electron chi connectivity index (χ4n) is 3.42. The van der Waals surface area contributed by atoms with Crippen LogP contribution in [0, 0.1) is 5.92 Å². The average Bonchev–Trinajstić information content (AvgIpc) is 3.35. The van der Waals surface area contributed by atoms with Gasteiger partial charge in [-0.1, -0.05) is 29.4 Å². The average molecular weight is 368 g/mol. The standard InChI is InChI=1S/C20H21N3O2S/c24-20(21-16-5-2-1-3-6-16)15-8-10-23(11-9-15)14-17-13-18(25-22-17)19-7-4-12-26-19/h1-7,12-13,15H,8-11,14H2,(H,21,24)/p+1. The normalized spacial score (nSPS) is 20.0. The number of thiophene rings is 1. The van der Waals surface area contributed by atoms with E-state index in [1.807, 2.05) is 53.9 Å². The largest absolute Gasteiger partial charge is 0.355 e. The van der Waals surface area contributed by atoms with Gasteiger partial charge in [-0.25, -0.2) is 0 Å². The highest BCUT2D eigenvalue weighted by Crippen LogP contribution is 2.25. The number of rotatable bonds is 5. The fourth-order valence-corrected chi connectivity index (χ4v) is 4.09.